The Morgan fingerprint density at radius 1 is 0.976 bits per heavy atom. The van der Waals surface area contributed by atoms with E-state index in [9.17, 15) is 0 Å². The summed E-state index contributed by atoms with van der Waals surface area (Å²) in [6.45, 7) is 12.1. The topological polar surface area (TPSA) is 66.2 Å². The molecule has 2 aliphatic rings. The molecule has 1 aromatic heterocycles. The number of hydrogen-bond acceptors (Lipinski definition) is 4. The molecule has 0 saturated carbocycles. The van der Waals surface area contributed by atoms with Crippen molar-refractivity contribution in [3.05, 3.63) is 113 Å². The first kappa shape index (κ1) is 31.0. The summed E-state index contributed by atoms with van der Waals surface area (Å²) >= 11 is 0. The minimum Gasteiger partial charge on any atom is -0.393 e. The van der Waals surface area contributed by atoms with Crippen LogP contribution in [0.3, 0.4) is 0 Å². The molecule has 4 nitrogen and oxygen atoms in total. The third kappa shape index (κ3) is 6.44. The van der Waals surface area contributed by atoms with Crippen molar-refractivity contribution in [2.75, 3.05) is 0 Å². The van der Waals surface area contributed by atoms with Gasteiger partial charge in [0.1, 0.15) is 0 Å². The van der Waals surface area contributed by atoms with E-state index in [1.807, 2.05) is 20.0 Å². The van der Waals surface area contributed by atoms with Gasteiger partial charge in [0.2, 0.25) is 0 Å². The Hall–Kier alpha value is -2.95. The maximum absolute atomic E-state index is 8.56. The second-order valence-electron chi connectivity index (χ2n) is 11.9. The molecular weight excluding hydrogens is 685 g/mol. The molecule has 5 heteroatoms. The number of rotatable bonds is 4. The molecule has 1 heterocycles. The van der Waals surface area contributed by atoms with E-state index in [0.29, 0.717) is 18.3 Å². The summed E-state index contributed by atoms with van der Waals surface area (Å²) in [4.78, 5) is 9.28. The van der Waals surface area contributed by atoms with Gasteiger partial charge in [-0.2, -0.15) is 0 Å². The summed E-state index contributed by atoms with van der Waals surface area (Å²) in [7, 11) is 0. The van der Waals surface area contributed by atoms with Crippen LogP contribution >= 0.6 is 0 Å². The van der Waals surface area contributed by atoms with Crippen molar-refractivity contribution in [1.82, 2.24) is 9.97 Å². The smallest absolute Gasteiger partial charge is 0.0539 e. The van der Waals surface area contributed by atoms with Gasteiger partial charge in [0.15, 0.2) is 0 Å². The SMILES string of the molecule is CC(O)CC(C)O.Cc1cnc(-c2[c-]cc3c(c2)C2C=CC(c4ccc5ccccc5c4)=CC2C3(C)C)c(C)n1.[Ir]. The zero-order valence-corrected chi connectivity index (χ0v) is 27.0. The van der Waals surface area contributed by atoms with Crippen LogP contribution in [-0.2, 0) is 25.5 Å². The van der Waals surface area contributed by atoms with E-state index >= 15 is 0 Å². The number of nitrogens with zero attached hydrogens (tertiary/aromatic N) is 2. The number of hydrogen-bond donors (Lipinski definition) is 2. The van der Waals surface area contributed by atoms with Crippen LogP contribution in [0.5, 0.6) is 0 Å². The molecule has 0 saturated heterocycles. The number of benzene rings is 3. The van der Waals surface area contributed by atoms with Crippen LogP contribution in [0.15, 0.2) is 79.0 Å². The van der Waals surface area contributed by atoms with E-state index in [0.717, 1.165) is 22.6 Å². The first-order chi connectivity index (χ1) is 19.0. The molecule has 2 N–H and O–H groups in total. The zero-order chi connectivity index (χ0) is 28.6. The fraction of sp³-hybridized carbons (Fsp3) is 0.333. The van der Waals surface area contributed by atoms with Gasteiger partial charge in [-0.3, -0.25) is 4.98 Å². The second-order valence-corrected chi connectivity index (χ2v) is 11.9. The predicted octanol–water partition coefficient (Wildman–Crippen LogP) is 7.49. The minimum atomic E-state index is -0.375. The maximum atomic E-state index is 8.56. The monoisotopic (exact) mass is 724 g/mol. The number of aromatic nitrogens is 2. The molecule has 1 radical (unpaired) electrons. The van der Waals surface area contributed by atoms with Crippen LogP contribution in [0, 0.1) is 25.8 Å². The summed E-state index contributed by atoms with van der Waals surface area (Å²) < 4.78 is 0. The van der Waals surface area contributed by atoms with Gasteiger partial charge < -0.3 is 15.2 Å². The summed E-state index contributed by atoms with van der Waals surface area (Å²) in [5.74, 6) is 0.777. The van der Waals surface area contributed by atoms with Crippen molar-refractivity contribution in [3.8, 4) is 11.3 Å². The van der Waals surface area contributed by atoms with Gasteiger partial charge in [-0.25, -0.2) is 0 Å². The minimum absolute atomic E-state index is 0. The molecule has 0 spiro atoms. The summed E-state index contributed by atoms with van der Waals surface area (Å²) in [6.07, 6.45) is 8.77. The number of aliphatic hydroxyl groups is 2. The molecule has 4 atom stereocenters. The predicted molar refractivity (Wildman–Crippen MR) is 164 cm³/mol. The van der Waals surface area contributed by atoms with Crippen LogP contribution in [-0.4, -0.2) is 32.4 Å². The molecule has 0 fully saturated rings. The molecule has 3 aromatic carbocycles. The summed E-state index contributed by atoms with van der Waals surface area (Å²) in [6, 6.07) is 23.4. The fourth-order valence-electron chi connectivity index (χ4n) is 6.21. The quantitative estimate of drug-likeness (QED) is 0.214. The van der Waals surface area contributed by atoms with Gasteiger partial charge in [-0.05, 0) is 79.3 Å². The van der Waals surface area contributed by atoms with Crippen LogP contribution < -0.4 is 0 Å². The van der Waals surface area contributed by atoms with Gasteiger partial charge in [-0.15, -0.1) is 34.9 Å². The van der Waals surface area contributed by atoms with Gasteiger partial charge in [0, 0.05) is 37.7 Å². The second kappa shape index (κ2) is 12.5. The van der Waals surface area contributed by atoms with Crippen molar-refractivity contribution < 1.29 is 30.3 Å². The Labute approximate surface area is 257 Å². The molecule has 6 rings (SSSR count). The van der Waals surface area contributed by atoms with Crippen molar-refractivity contribution in [1.29, 1.82) is 0 Å². The molecule has 0 bridgehead atoms. The molecule has 4 unspecified atom stereocenters. The first-order valence-electron chi connectivity index (χ1n) is 14.2. The molecular formula is C36H39IrN2O2-. The fourth-order valence-corrected chi connectivity index (χ4v) is 6.21. The van der Waals surface area contributed by atoms with Crippen LogP contribution in [0.1, 0.15) is 68.1 Å². The van der Waals surface area contributed by atoms with Crippen LogP contribution in [0.4, 0.5) is 0 Å². The third-order valence-corrected chi connectivity index (χ3v) is 8.19. The van der Waals surface area contributed by atoms with Crippen molar-refractivity contribution in [2.24, 2.45) is 5.92 Å². The van der Waals surface area contributed by atoms with E-state index in [2.05, 4.69) is 103 Å². The first-order valence-corrected chi connectivity index (χ1v) is 14.2. The molecule has 2 aliphatic carbocycles. The van der Waals surface area contributed by atoms with E-state index < -0.39 is 0 Å². The van der Waals surface area contributed by atoms with Crippen LogP contribution in [0.25, 0.3) is 27.6 Å². The van der Waals surface area contributed by atoms with Crippen molar-refractivity contribution in [2.45, 2.75) is 71.5 Å². The Morgan fingerprint density at radius 2 is 1.68 bits per heavy atom. The zero-order valence-electron chi connectivity index (χ0n) is 24.6. The summed E-state index contributed by atoms with van der Waals surface area (Å²) in [5.41, 5.74) is 9.28. The Kier molecular flexibility index (Phi) is 9.45. The average molecular weight is 724 g/mol. The molecule has 0 amide bonds. The van der Waals surface area contributed by atoms with Crippen LogP contribution in [0.2, 0.25) is 0 Å². The van der Waals surface area contributed by atoms with E-state index in [4.69, 9.17) is 10.2 Å². The Morgan fingerprint density at radius 3 is 2.34 bits per heavy atom. The number of aryl methyl sites for hydroxylation is 2. The van der Waals surface area contributed by atoms with E-state index in [1.54, 1.807) is 13.8 Å². The molecule has 0 aliphatic heterocycles. The molecule has 41 heavy (non-hydrogen) atoms. The normalized spacial score (nSPS) is 19.7. The number of aliphatic hydroxyl groups excluding tert-OH is 2. The average Bonchev–Trinajstić information content (AvgIpc) is 3.13. The van der Waals surface area contributed by atoms with E-state index in [-0.39, 0.29) is 37.7 Å². The third-order valence-electron chi connectivity index (χ3n) is 8.19. The molecule has 215 valence electrons. The largest absolute Gasteiger partial charge is 0.393 e. The number of fused-ring (bicyclic) bond motifs is 4. The standard InChI is InChI=1S/C31H27N2.C5H12O2.Ir/c1-19-18-32-30(20(2)33-19)25-12-14-28-27(16-25)26-13-11-24(17-29(26)31(28,3)4)23-10-9-21-7-5-6-8-22(21)15-23;1-4(6)3-5(2)7;/h5-11,13-18,26,29H,1-4H3;4-7H,3H2,1-2H3;/q-1;;. The molecule has 4 aromatic rings. The maximum Gasteiger partial charge on any atom is 0.0539 e. The van der Waals surface area contributed by atoms with Crippen molar-refractivity contribution in [3.63, 3.8) is 0 Å². The van der Waals surface area contributed by atoms with Gasteiger partial charge in [0.25, 0.3) is 0 Å². The van der Waals surface area contributed by atoms with E-state index in [1.165, 1.54) is 33.0 Å². The van der Waals surface area contributed by atoms with Gasteiger partial charge >= 0.3 is 0 Å². The Balaban J connectivity index is 0.000000434. The van der Waals surface area contributed by atoms with Gasteiger partial charge in [0.05, 0.1) is 17.9 Å². The van der Waals surface area contributed by atoms with Crippen molar-refractivity contribution >= 4 is 16.3 Å². The Bertz CT molecular complexity index is 1600. The van der Waals surface area contributed by atoms with Gasteiger partial charge in [-0.1, -0.05) is 68.5 Å². The number of allylic oxidation sites excluding steroid dienone is 4. The summed E-state index contributed by atoms with van der Waals surface area (Å²) in [5, 5.41) is 19.7.